The van der Waals surface area contributed by atoms with Gasteiger partial charge in [-0.1, -0.05) is 43.7 Å². The Morgan fingerprint density at radius 1 is 1.31 bits per heavy atom. The second kappa shape index (κ2) is 7.24. The molecule has 16 heavy (non-hydrogen) atoms. The van der Waals surface area contributed by atoms with Crippen molar-refractivity contribution in [2.75, 3.05) is 5.88 Å². The molecule has 0 bridgehead atoms. The number of halogens is 1. The van der Waals surface area contributed by atoms with Gasteiger partial charge in [-0.05, 0) is 30.0 Å². The Labute approximate surface area is 102 Å². The first-order valence-electron chi connectivity index (χ1n) is 5.62. The molecule has 0 heterocycles. The van der Waals surface area contributed by atoms with Crippen molar-refractivity contribution in [3.8, 4) is 0 Å². The third kappa shape index (κ3) is 4.63. The van der Waals surface area contributed by atoms with E-state index in [0.717, 1.165) is 12.0 Å². The Balaban J connectivity index is 2.57. The van der Waals surface area contributed by atoms with Crippen LogP contribution in [0.5, 0.6) is 0 Å². The summed E-state index contributed by atoms with van der Waals surface area (Å²) in [6.07, 6.45) is 6.88. The van der Waals surface area contributed by atoms with Crippen LogP contribution in [0.1, 0.15) is 30.9 Å². The molecule has 0 fully saturated rings. The van der Waals surface area contributed by atoms with Crippen molar-refractivity contribution in [3.05, 3.63) is 41.5 Å². The van der Waals surface area contributed by atoms with Crippen molar-refractivity contribution in [2.24, 2.45) is 0 Å². The highest BCUT2D eigenvalue weighted by Crippen LogP contribution is 2.09. The van der Waals surface area contributed by atoms with Gasteiger partial charge in [-0.3, -0.25) is 4.79 Å². The lowest BCUT2D eigenvalue weighted by Crippen LogP contribution is -1.91. The SMILES string of the molecule is CCCCc1ccc(C=CC(=O)CCl)cc1. The van der Waals surface area contributed by atoms with Crippen LogP contribution in [-0.4, -0.2) is 11.7 Å². The first-order valence-corrected chi connectivity index (χ1v) is 6.15. The quantitative estimate of drug-likeness (QED) is 0.542. The number of carbonyl (C=O) groups is 1. The molecule has 86 valence electrons. The zero-order valence-electron chi connectivity index (χ0n) is 9.58. The summed E-state index contributed by atoms with van der Waals surface area (Å²) in [7, 11) is 0. The number of alkyl halides is 1. The lowest BCUT2D eigenvalue weighted by Gasteiger charge is -2.00. The fourth-order valence-electron chi connectivity index (χ4n) is 1.41. The molecule has 0 aliphatic carbocycles. The van der Waals surface area contributed by atoms with Crippen LogP contribution < -0.4 is 0 Å². The fourth-order valence-corrected chi connectivity index (χ4v) is 1.50. The van der Waals surface area contributed by atoms with E-state index < -0.39 is 0 Å². The van der Waals surface area contributed by atoms with Crippen molar-refractivity contribution in [3.63, 3.8) is 0 Å². The van der Waals surface area contributed by atoms with Gasteiger partial charge in [0, 0.05) is 0 Å². The van der Waals surface area contributed by atoms with E-state index in [2.05, 4.69) is 19.1 Å². The van der Waals surface area contributed by atoms with Crippen LogP contribution in [0.4, 0.5) is 0 Å². The van der Waals surface area contributed by atoms with Crippen LogP contribution in [0.2, 0.25) is 0 Å². The van der Waals surface area contributed by atoms with Crippen LogP contribution in [-0.2, 0) is 11.2 Å². The monoisotopic (exact) mass is 236 g/mol. The molecule has 0 N–H and O–H groups in total. The fraction of sp³-hybridized carbons (Fsp3) is 0.357. The number of allylic oxidation sites excluding steroid dienone is 1. The maximum atomic E-state index is 11.0. The van der Waals surface area contributed by atoms with Gasteiger partial charge in [0.25, 0.3) is 0 Å². The van der Waals surface area contributed by atoms with Crippen LogP contribution in [0.25, 0.3) is 6.08 Å². The number of unbranched alkanes of at least 4 members (excludes halogenated alkanes) is 1. The summed E-state index contributed by atoms with van der Waals surface area (Å²) in [5.74, 6) is -0.0119. The zero-order valence-corrected chi connectivity index (χ0v) is 10.3. The molecule has 0 aliphatic heterocycles. The number of aryl methyl sites for hydroxylation is 1. The smallest absolute Gasteiger partial charge is 0.170 e. The van der Waals surface area contributed by atoms with Gasteiger partial charge in [0.2, 0.25) is 0 Å². The number of ketones is 1. The van der Waals surface area contributed by atoms with Crippen molar-refractivity contribution in [1.82, 2.24) is 0 Å². The van der Waals surface area contributed by atoms with Crippen molar-refractivity contribution in [1.29, 1.82) is 0 Å². The number of hydrogen-bond acceptors (Lipinski definition) is 1. The number of benzene rings is 1. The van der Waals surface area contributed by atoms with Gasteiger partial charge < -0.3 is 0 Å². The molecule has 0 aliphatic rings. The minimum atomic E-state index is -0.0586. The second-order valence-corrected chi connectivity index (χ2v) is 4.05. The Morgan fingerprint density at radius 3 is 2.56 bits per heavy atom. The van der Waals surface area contributed by atoms with Crippen LogP contribution in [0.15, 0.2) is 30.3 Å². The van der Waals surface area contributed by atoms with E-state index in [4.69, 9.17) is 11.6 Å². The molecule has 0 unspecified atom stereocenters. The maximum Gasteiger partial charge on any atom is 0.170 e. The molecule has 0 saturated heterocycles. The summed E-state index contributed by atoms with van der Waals surface area (Å²) in [5, 5.41) is 0. The summed E-state index contributed by atoms with van der Waals surface area (Å²) in [5.41, 5.74) is 2.39. The molecule has 2 heteroatoms. The summed E-state index contributed by atoms with van der Waals surface area (Å²) in [4.78, 5) is 11.0. The summed E-state index contributed by atoms with van der Waals surface area (Å²) in [6, 6.07) is 8.28. The van der Waals surface area contributed by atoms with Crippen molar-refractivity contribution < 1.29 is 4.79 Å². The van der Waals surface area contributed by atoms with Gasteiger partial charge in [0.15, 0.2) is 5.78 Å². The second-order valence-electron chi connectivity index (χ2n) is 3.78. The van der Waals surface area contributed by atoms with E-state index in [-0.39, 0.29) is 11.7 Å². The van der Waals surface area contributed by atoms with E-state index in [0.29, 0.717) is 0 Å². The van der Waals surface area contributed by atoms with Gasteiger partial charge in [-0.2, -0.15) is 0 Å². The van der Waals surface area contributed by atoms with Gasteiger partial charge in [0.1, 0.15) is 0 Å². The first kappa shape index (κ1) is 13.0. The topological polar surface area (TPSA) is 17.1 Å². The largest absolute Gasteiger partial charge is 0.294 e. The van der Waals surface area contributed by atoms with Crippen LogP contribution >= 0.6 is 11.6 Å². The molecule has 0 aromatic heterocycles. The predicted octanol–water partition coefficient (Wildman–Crippen LogP) is 3.85. The van der Waals surface area contributed by atoms with Crippen LogP contribution in [0.3, 0.4) is 0 Å². The normalized spacial score (nSPS) is 10.9. The molecule has 0 saturated carbocycles. The van der Waals surface area contributed by atoms with E-state index in [1.165, 1.54) is 24.5 Å². The van der Waals surface area contributed by atoms with Gasteiger partial charge in [0.05, 0.1) is 5.88 Å². The molecule has 1 nitrogen and oxygen atoms in total. The highest BCUT2D eigenvalue weighted by atomic mass is 35.5. The third-order valence-corrected chi connectivity index (χ3v) is 2.66. The lowest BCUT2D eigenvalue weighted by molar-refractivity contribution is -0.112. The number of hydrogen-bond donors (Lipinski definition) is 0. The predicted molar refractivity (Wildman–Crippen MR) is 69.8 cm³/mol. The van der Waals surface area contributed by atoms with Crippen LogP contribution in [0, 0.1) is 0 Å². The summed E-state index contributed by atoms with van der Waals surface area (Å²) < 4.78 is 0. The molecule has 0 atom stereocenters. The average molecular weight is 237 g/mol. The summed E-state index contributed by atoms with van der Waals surface area (Å²) in [6.45, 7) is 2.19. The van der Waals surface area contributed by atoms with E-state index >= 15 is 0 Å². The Hall–Kier alpha value is -1.08. The Kier molecular flexibility index (Phi) is 5.87. The van der Waals surface area contributed by atoms with E-state index in [1.54, 1.807) is 6.08 Å². The maximum absolute atomic E-state index is 11.0. The molecule has 1 rings (SSSR count). The molecule has 0 spiro atoms. The average Bonchev–Trinajstić information content (AvgIpc) is 2.34. The molecular weight excluding hydrogens is 220 g/mol. The Bertz CT molecular complexity index is 352. The highest BCUT2D eigenvalue weighted by molar-refractivity contribution is 6.29. The number of rotatable bonds is 6. The zero-order chi connectivity index (χ0) is 11.8. The first-order chi connectivity index (χ1) is 7.76. The molecule has 0 amide bonds. The Morgan fingerprint density at radius 2 is 2.00 bits per heavy atom. The minimum Gasteiger partial charge on any atom is -0.294 e. The van der Waals surface area contributed by atoms with Gasteiger partial charge >= 0.3 is 0 Å². The molecular formula is C14H17ClO. The molecule has 1 aromatic rings. The molecule has 0 radical (unpaired) electrons. The third-order valence-electron chi connectivity index (χ3n) is 2.39. The van der Waals surface area contributed by atoms with E-state index in [9.17, 15) is 4.79 Å². The van der Waals surface area contributed by atoms with E-state index in [1.807, 2.05) is 12.1 Å². The highest BCUT2D eigenvalue weighted by Gasteiger charge is 1.94. The number of carbonyl (C=O) groups excluding carboxylic acids is 1. The molecule has 1 aromatic carbocycles. The standard InChI is InChI=1S/C14H17ClO/c1-2-3-4-12-5-7-13(8-6-12)9-10-14(16)11-15/h5-10H,2-4,11H2,1H3. The van der Waals surface area contributed by atoms with Crippen molar-refractivity contribution >= 4 is 23.5 Å². The summed E-state index contributed by atoms with van der Waals surface area (Å²) >= 11 is 5.40. The minimum absolute atomic E-state index is 0.0467. The lowest BCUT2D eigenvalue weighted by atomic mass is 10.1. The van der Waals surface area contributed by atoms with Crippen molar-refractivity contribution in [2.45, 2.75) is 26.2 Å². The van der Waals surface area contributed by atoms with Gasteiger partial charge in [-0.25, -0.2) is 0 Å². The van der Waals surface area contributed by atoms with Gasteiger partial charge in [-0.15, -0.1) is 11.6 Å².